The molecule has 1 aliphatic rings. The van der Waals surface area contributed by atoms with E-state index >= 15 is 0 Å². The lowest BCUT2D eigenvalue weighted by Gasteiger charge is -2.25. The van der Waals surface area contributed by atoms with Crippen LogP contribution in [0, 0.1) is 0 Å². The second kappa shape index (κ2) is 12.0. The molecule has 0 spiro atoms. The lowest BCUT2D eigenvalue weighted by Crippen LogP contribution is -2.16. The van der Waals surface area contributed by atoms with Gasteiger partial charge in [-0.1, -0.05) is 184 Å². The quantitative estimate of drug-likeness (QED) is 0.126. The van der Waals surface area contributed by atoms with Crippen LogP contribution in [0.3, 0.4) is 0 Å². The maximum atomic E-state index is 2.42. The molecule has 0 aliphatic heterocycles. The summed E-state index contributed by atoms with van der Waals surface area (Å²) in [6, 6.07) is 72.7. The van der Waals surface area contributed by atoms with Crippen molar-refractivity contribution in [2.45, 2.75) is 19.3 Å². The highest BCUT2D eigenvalue weighted by atomic mass is 14.4. The first-order valence-corrected chi connectivity index (χ1v) is 20.1. The van der Waals surface area contributed by atoms with E-state index in [0.29, 0.717) is 0 Å². The molecule has 0 saturated carbocycles. The topological polar surface area (TPSA) is 0 Å². The van der Waals surface area contributed by atoms with Crippen molar-refractivity contribution in [3.05, 3.63) is 205 Å². The summed E-state index contributed by atoms with van der Waals surface area (Å²) in [6.07, 6.45) is 0. The van der Waals surface area contributed by atoms with Gasteiger partial charge in [-0.05, 0) is 145 Å². The summed E-state index contributed by atoms with van der Waals surface area (Å²) in [4.78, 5) is 0. The summed E-state index contributed by atoms with van der Waals surface area (Å²) in [5.74, 6) is 0. The normalized spacial score (nSPS) is 13.2. The monoisotopic (exact) mass is 722 g/mol. The van der Waals surface area contributed by atoms with E-state index in [4.69, 9.17) is 0 Å². The second-order valence-electron chi connectivity index (χ2n) is 16.4. The average molecular weight is 723 g/mol. The molecular formula is C57H38. The van der Waals surface area contributed by atoms with Gasteiger partial charge >= 0.3 is 0 Å². The first-order valence-electron chi connectivity index (χ1n) is 20.1. The minimum Gasteiger partial charge on any atom is -0.0616 e. The molecule has 11 aromatic carbocycles. The van der Waals surface area contributed by atoms with Crippen molar-refractivity contribution < 1.29 is 0 Å². The SMILES string of the molecule is CC1(C)c2cc3ccccc3cc2-c2cccc(-c3ccc(-c4c5ccccc5c(-c5cccc6c5ccc5cc7ccccc7cc56)c5ccccc45)cc3)c21. The van der Waals surface area contributed by atoms with Crippen molar-refractivity contribution >= 4 is 64.6 Å². The van der Waals surface area contributed by atoms with Crippen molar-refractivity contribution in [3.63, 3.8) is 0 Å². The minimum atomic E-state index is -0.117. The summed E-state index contributed by atoms with van der Waals surface area (Å²) >= 11 is 0. The highest BCUT2D eigenvalue weighted by Crippen LogP contribution is 2.53. The van der Waals surface area contributed by atoms with Gasteiger partial charge < -0.3 is 0 Å². The van der Waals surface area contributed by atoms with Gasteiger partial charge in [0.15, 0.2) is 0 Å². The molecule has 0 amide bonds. The Kier molecular flexibility index (Phi) is 6.78. The van der Waals surface area contributed by atoms with Crippen LogP contribution in [0.1, 0.15) is 25.0 Å². The van der Waals surface area contributed by atoms with Crippen LogP contribution in [0.15, 0.2) is 194 Å². The number of benzene rings is 11. The molecule has 266 valence electrons. The van der Waals surface area contributed by atoms with Crippen LogP contribution >= 0.6 is 0 Å². The maximum Gasteiger partial charge on any atom is 0.0165 e. The Labute approximate surface area is 332 Å². The third-order valence-corrected chi connectivity index (χ3v) is 13.0. The molecule has 0 heteroatoms. The molecule has 57 heavy (non-hydrogen) atoms. The Bertz CT molecular complexity index is 3410. The molecule has 0 nitrogen and oxygen atoms in total. The van der Waals surface area contributed by atoms with E-state index in [9.17, 15) is 0 Å². The summed E-state index contributed by atoms with van der Waals surface area (Å²) < 4.78 is 0. The molecule has 0 heterocycles. The fraction of sp³-hybridized carbons (Fsp3) is 0.0526. The lowest BCUT2D eigenvalue weighted by atomic mass is 9.78. The minimum absolute atomic E-state index is 0.117. The zero-order valence-corrected chi connectivity index (χ0v) is 32.0. The Morgan fingerprint density at radius 2 is 0.789 bits per heavy atom. The fourth-order valence-corrected chi connectivity index (χ4v) is 10.4. The highest BCUT2D eigenvalue weighted by Gasteiger charge is 2.37. The van der Waals surface area contributed by atoms with E-state index in [-0.39, 0.29) is 5.41 Å². The average Bonchev–Trinajstić information content (AvgIpc) is 3.48. The van der Waals surface area contributed by atoms with Gasteiger partial charge in [-0.25, -0.2) is 0 Å². The van der Waals surface area contributed by atoms with Gasteiger partial charge in [-0.15, -0.1) is 0 Å². The molecule has 0 fully saturated rings. The molecule has 0 unspecified atom stereocenters. The van der Waals surface area contributed by atoms with Crippen molar-refractivity contribution in [1.82, 2.24) is 0 Å². The van der Waals surface area contributed by atoms with Gasteiger partial charge in [0.2, 0.25) is 0 Å². The largest absolute Gasteiger partial charge is 0.0616 e. The Balaban J connectivity index is 1.03. The molecule has 0 saturated heterocycles. The fourth-order valence-electron chi connectivity index (χ4n) is 10.4. The lowest BCUT2D eigenvalue weighted by molar-refractivity contribution is 0.663. The molecule has 1 aliphatic carbocycles. The number of rotatable bonds is 3. The van der Waals surface area contributed by atoms with E-state index in [1.165, 1.54) is 120 Å². The number of hydrogen-bond acceptors (Lipinski definition) is 0. The summed E-state index contributed by atoms with van der Waals surface area (Å²) in [7, 11) is 0. The third-order valence-electron chi connectivity index (χ3n) is 13.0. The molecule has 0 N–H and O–H groups in total. The molecule has 0 atom stereocenters. The standard InChI is InChI=1S/C57H38/c1-57(2)53-34-40-16-6-5-15-39(40)33-52(53)50-24-11-21-42(56(50)57)35-25-27-36(28-26-35)54-46-17-7-9-19-48(46)55(49-20-10-8-18-47(49)54)45-23-12-22-43-44(45)30-29-41-31-37-13-3-4-14-38(37)32-51(41)43/h3-34H,1-2H3. The van der Waals surface area contributed by atoms with Crippen LogP contribution < -0.4 is 0 Å². The van der Waals surface area contributed by atoms with Crippen molar-refractivity contribution in [2.24, 2.45) is 0 Å². The van der Waals surface area contributed by atoms with Gasteiger partial charge in [-0.2, -0.15) is 0 Å². The Hall–Kier alpha value is -7.02. The predicted molar refractivity (Wildman–Crippen MR) is 245 cm³/mol. The van der Waals surface area contributed by atoms with Crippen LogP contribution in [0.4, 0.5) is 0 Å². The summed E-state index contributed by atoms with van der Waals surface area (Å²) in [6.45, 7) is 4.79. The van der Waals surface area contributed by atoms with E-state index in [1.54, 1.807) is 0 Å². The van der Waals surface area contributed by atoms with Crippen LogP contribution in [0.5, 0.6) is 0 Å². The number of hydrogen-bond donors (Lipinski definition) is 0. The molecule has 0 radical (unpaired) electrons. The summed E-state index contributed by atoms with van der Waals surface area (Å²) in [5.41, 5.74) is 13.1. The van der Waals surface area contributed by atoms with Gasteiger partial charge in [0.25, 0.3) is 0 Å². The molecular weight excluding hydrogens is 685 g/mol. The van der Waals surface area contributed by atoms with E-state index < -0.39 is 0 Å². The van der Waals surface area contributed by atoms with Crippen molar-refractivity contribution in [3.8, 4) is 44.5 Å². The molecule has 12 rings (SSSR count). The first-order chi connectivity index (χ1) is 28.0. The smallest absolute Gasteiger partial charge is 0.0165 e. The van der Waals surface area contributed by atoms with Gasteiger partial charge in [0, 0.05) is 5.41 Å². The Morgan fingerprint density at radius 3 is 1.47 bits per heavy atom. The van der Waals surface area contributed by atoms with Crippen LogP contribution in [-0.2, 0) is 5.41 Å². The Morgan fingerprint density at radius 1 is 0.281 bits per heavy atom. The van der Waals surface area contributed by atoms with Gasteiger partial charge in [0.1, 0.15) is 0 Å². The van der Waals surface area contributed by atoms with E-state index in [1.807, 2.05) is 0 Å². The molecule has 0 aromatic heterocycles. The third kappa shape index (κ3) is 4.68. The van der Waals surface area contributed by atoms with Crippen LogP contribution in [0.25, 0.3) is 109 Å². The first kappa shape index (κ1) is 32.2. The molecule has 0 bridgehead atoms. The van der Waals surface area contributed by atoms with E-state index in [0.717, 1.165) is 0 Å². The van der Waals surface area contributed by atoms with Gasteiger partial charge in [0.05, 0.1) is 0 Å². The maximum absolute atomic E-state index is 2.42. The zero-order valence-electron chi connectivity index (χ0n) is 32.0. The van der Waals surface area contributed by atoms with Crippen LogP contribution in [0.2, 0.25) is 0 Å². The highest BCUT2D eigenvalue weighted by molar-refractivity contribution is 6.25. The van der Waals surface area contributed by atoms with Crippen molar-refractivity contribution in [2.75, 3.05) is 0 Å². The predicted octanol–water partition coefficient (Wildman–Crippen LogP) is 15.9. The van der Waals surface area contributed by atoms with Crippen LogP contribution in [-0.4, -0.2) is 0 Å². The second-order valence-corrected chi connectivity index (χ2v) is 16.4. The zero-order chi connectivity index (χ0) is 37.8. The molecule has 11 aromatic rings. The van der Waals surface area contributed by atoms with E-state index in [2.05, 4.69) is 208 Å². The summed E-state index contributed by atoms with van der Waals surface area (Å²) in [5, 5.41) is 15.4. The van der Waals surface area contributed by atoms with Gasteiger partial charge in [-0.3, -0.25) is 0 Å². The van der Waals surface area contributed by atoms with Crippen molar-refractivity contribution in [1.29, 1.82) is 0 Å². The number of fused-ring (bicyclic) bond motifs is 10.